The van der Waals surface area contributed by atoms with Crippen molar-refractivity contribution in [3.8, 4) is 0 Å². The average Bonchev–Trinajstić information content (AvgIpc) is 2.38. The van der Waals surface area contributed by atoms with E-state index in [1.165, 1.54) is 13.0 Å². The van der Waals surface area contributed by atoms with Crippen LogP contribution in [-0.2, 0) is 11.2 Å². The minimum absolute atomic E-state index is 0.538. The monoisotopic (exact) mass is 246 g/mol. The third-order valence-electron chi connectivity index (χ3n) is 4.21. The lowest BCUT2D eigenvalue weighted by molar-refractivity contribution is -0.00981. The zero-order valence-corrected chi connectivity index (χ0v) is 11.1. The van der Waals surface area contributed by atoms with Gasteiger partial charge < -0.3 is 10.1 Å². The van der Waals surface area contributed by atoms with Crippen LogP contribution in [0.4, 0.5) is 0 Å². The minimum atomic E-state index is 0.538. The molecule has 1 aromatic rings. The van der Waals surface area contributed by atoms with Gasteiger partial charge in [0.25, 0.3) is 0 Å². The largest absolute Gasteiger partial charge is 0.378 e. The topological polar surface area (TPSA) is 24.5 Å². The number of rotatable bonds is 4. The van der Waals surface area contributed by atoms with Gasteiger partial charge in [-0.3, -0.25) is 4.90 Å². The lowest BCUT2D eigenvalue weighted by atomic mass is 9.77. The van der Waals surface area contributed by atoms with Crippen molar-refractivity contribution in [3.05, 3.63) is 35.4 Å². The summed E-state index contributed by atoms with van der Waals surface area (Å²) in [5.74, 6) is 0.735. The summed E-state index contributed by atoms with van der Waals surface area (Å²) < 4.78 is 5.59. The molecule has 0 amide bonds. The Labute approximate surface area is 109 Å². The van der Waals surface area contributed by atoms with Gasteiger partial charge in [0.15, 0.2) is 0 Å². The molecule has 0 spiro atoms. The highest BCUT2D eigenvalue weighted by Gasteiger charge is 2.30. The highest BCUT2D eigenvalue weighted by Crippen LogP contribution is 2.35. The van der Waals surface area contributed by atoms with E-state index in [4.69, 9.17) is 4.74 Å². The van der Waals surface area contributed by atoms with E-state index < -0.39 is 0 Å². The molecule has 2 atom stereocenters. The van der Waals surface area contributed by atoms with Crippen molar-refractivity contribution in [3.63, 3.8) is 0 Å². The third-order valence-corrected chi connectivity index (χ3v) is 4.21. The number of benzene rings is 1. The van der Waals surface area contributed by atoms with Gasteiger partial charge in [-0.1, -0.05) is 24.3 Å². The molecule has 1 N–H and O–H groups in total. The van der Waals surface area contributed by atoms with Gasteiger partial charge in [-0.25, -0.2) is 0 Å². The van der Waals surface area contributed by atoms with Crippen LogP contribution in [0.5, 0.6) is 0 Å². The van der Waals surface area contributed by atoms with Gasteiger partial charge in [0.05, 0.1) is 13.2 Å². The predicted octanol–water partition coefficient (Wildman–Crippen LogP) is 1.25. The van der Waals surface area contributed by atoms with E-state index in [0.29, 0.717) is 6.04 Å². The second-order valence-corrected chi connectivity index (χ2v) is 5.38. The number of nitrogens with one attached hydrogen (secondary N) is 1. The number of likely N-dealkylation sites (N-methyl/N-ethyl adjacent to an activating group) is 1. The van der Waals surface area contributed by atoms with Crippen LogP contribution < -0.4 is 5.32 Å². The summed E-state index contributed by atoms with van der Waals surface area (Å²) in [6.07, 6.45) is 1.25. The van der Waals surface area contributed by atoms with Crippen LogP contribution in [0.3, 0.4) is 0 Å². The fraction of sp³-hybridized carbons (Fsp3) is 0.600. The number of hydrogen-bond acceptors (Lipinski definition) is 3. The molecule has 1 heterocycles. The quantitative estimate of drug-likeness (QED) is 0.865. The fourth-order valence-electron chi connectivity index (χ4n) is 3.16. The zero-order chi connectivity index (χ0) is 12.4. The number of morpholine rings is 1. The highest BCUT2D eigenvalue weighted by molar-refractivity contribution is 5.40. The van der Waals surface area contributed by atoms with E-state index >= 15 is 0 Å². The van der Waals surface area contributed by atoms with Gasteiger partial charge in [0, 0.05) is 31.6 Å². The molecule has 98 valence electrons. The molecule has 1 saturated heterocycles. The summed E-state index contributed by atoms with van der Waals surface area (Å²) >= 11 is 0. The first-order valence-electron chi connectivity index (χ1n) is 6.92. The zero-order valence-electron chi connectivity index (χ0n) is 11.1. The Morgan fingerprint density at radius 1 is 1.39 bits per heavy atom. The van der Waals surface area contributed by atoms with Crippen LogP contribution in [0.1, 0.15) is 17.0 Å². The van der Waals surface area contributed by atoms with Crippen molar-refractivity contribution < 1.29 is 4.74 Å². The lowest BCUT2D eigenvalue weighted by Gasteiger charge is -2.40. The van der Waals surface area contributed by atoms with Crippen LogP contribution in [0.25, 0.3) is 0 Å². The number of fused-ring (bicyclic) bond motifs is 1. The van der Waals surface area contributed by atoms with Crippen molar-refractivity contribution in [1.29, 1.82) is 0 Å². The molecule has 2 aliphatic rings. The van der Waals surface area contributed by atoms with Crippen LogP contribution in [-0.4, -0.2) is 50.8 Å². The molecule has 1 aliphatic carbocycles. The fourth-order valence-corrected chi connectivity index (χ4v) is 3.16. The lowest BCUT2D eigenvalue weighted by Crippen LogP contribution is -2.51. The van der Waals surface area contributed by atoms with Gasteiger partial charge in [0.1, 0.15) is 0 Å². The van der Waals surface area contributed by atoms with E-state index in [1.54, 1.807) is 11.1 Å². The highest BCUT2D eigenvalue weighted by atomic mass is 16.5. The summed E-state index contributed by atoms with van der Waals surface area (Å²) in [5, 5.41) is 3.27. The standard InChI is InChI=1S/C15H22N2O/c1-16-9-14-11-18-7-6-17(14)10-13-8-12-4-2-3-5-15(12)13/h2-5,13-14,16H,6-11H2,1H3. The first kappa shape index (κ1) is 12.2. The van der Waals surface area contributed by atoms with Crippen molar-refractivity contribution >= 4 is 0 Å². The summed E-state index contributed by atoms with van der Waals surface area (Å²) in [4.78, 5) is 2.60. The number of hydrogen-bond donors (Lipinski definition) is 1. The maximum atomic E-state index is 5.59. The first-order chi connectivity index (χ1) is 8.88. The molecular formula is C15H22N2O. The number of ether oxygens (including phenoxy) is 1. The van der Waals surface area contributed by atoms with Gasteiger partial charge in [-0.2, -0.15) is 0 Å². The van der Waals surface area contributed by atoms with Gasteiger partial charge >= 0.3 is 0 Å². The molecular weight excluding hydrogens is 224 g/mol. The molecule has 0 saturated carbocycles. The molecule has 1 fully saturated rings. The second-order valence-electron chi connectivity index (χ2n) is 5.38. The smallest absolute Gasteiger partial charge is 0.0634 e. The van der Waals surface area contributed by atoms with Crippen molar-refractivity contribution in [2.45, 2.75) is 18.4 Å². The van der Waals surface area contributed by atoms with Gasteiger partial charge in [0.2, 0.25) is 0 Å². The summed E-state index contributed by atoms with van der Waals surface area (Å²) in [6.45, 7) is 5.04. The normalized spacial score (nSPS) is 27.6. The van der Waals surface area contributed by atoms with Gasteiger partial charge in [-0.15, -0.1) is 0 Å². The van der Waals surface area contributed by atoms with Crippen LogP contribution in [0.2, 0.25) is 0 Å². The van der Waals surface area contributed by atoms with Crippen LogP contribution in [0.15, 0.2) is 24.3 Å². The third kappa shape index (κ3) is 2.30. The van der Waals surface area contributed by atoms with Crippen LogP contribution in [0, 0.1) is 0 Å². The minimum Gasteiger partial charge on any atom is -0.378 e. The predicted molar refractivity (Wildman–Crippen MR) is 73.0 cm³/mol. The average molecular weight is 246 g/mol. The molecule has 18 heavy (non-hydrogen) atoms. The molecule has 0 bridgehead atoms. The Hall–Kier alpha value is -0.900. The van der Waals surface area contributed by atoms with E-state index in [2.05, 4.69) is 34.5 Å². The second kappa shape index (κ2) is 5.39. The molecule has 1 aromatic carbocycles. The van der Waals surface area contributed by atoms with Gasteiger partial charge in [-0.05, 0) is 24.6 Å². The maximum Gasteiger partial charge on any atom is 0.0634 e. The molecule has 3 rings (SSSR count). The van der Waals surface area contributed by atoms with E-state index in [1.807, 2.05) is 7.05 Å². The van der Waals surface area contributed by atoms with Crippen LogP contribution >= 0.6 is 0 Å². The Morgan fingerprint density at radius 3 is 3.11 bits per heavy atom. The Morgan fingerprint density at radius 2 is 2.28 bits per heavy atom. The van der Waals surface area contributed by atoms with E-state index in [0.717, 1.165) is 32.2 Å². The molecule has 1 aliphatic heterocycles. The first-order valence-corrected chi connectivity index (χ1v) is 6.92. The maximum absolute atomic E-state index is 5.59. The molecule has 2 unspecified atom stereocenters. The molecule has 0 radical (unpaired) electrons. The Kier molecular flexibility index (Phi) is 3.64. The Bertz CT molecular complexity index is 405. The SMILES string of the molecule is CNCC1COCCN1CC1Cc2ccccc21. The van der Waals surface area contributed by atoms with Crippen molar-refractivity contribution in [2.24, 2.45) is 0 Å². The molecule has 3 nitrogen and oxygen atoms in total. The summed E-state index contributed by atoms with van der Waals surface area (Å²) in [6, 6.07) is 9.40. The van der Waals surface area contributed by atoms with Crippen molar-refractivity contribution in [2.75, 3.05) is 39.9 Å². The van der Waals surface area contributed by atoms with Crippen molar-refractivity contribution in [1.82, 2.24) is 10.2 Å². The number of nitrogens with zero attached hydrogens (tertiary/aromatic N) is 1. The molecule has 0 aromatic heterocycles. The molecule has 3 heteroatoms. The van der Waals surface area contributed by atoms with E-state index in [9.17, 15) is 0 Å². The summed E-state index contributed by atoms with van der Waals surface area (Å²) in [7, 11) is 2.02. The Balaban J connectivity index is 1.62. The van der Waals surface area contributed by atoms with E-state index in [-0.39, 0.29) is 0 Å². The summed E-state index contributed by atoms with van der Waals surface area (Å²) in [5.41, 5.74) is 3.10.